The first-order valence-electron chi connectivity index (χ1n) is 5.98. The maximum atomic E-state index is 12.9. The minimum absolute atomic E-state index is 0.257. The molecule has 20 heavy (non-hydrogen) atoms. The second-order valence-electron chi connectivity index (χ2n) is 4.21. The minimum atomic E-state index is -3.61. The van der Waals surface area contributed by atoms with Crippen molar-refractivity contribution in [1.29, 1.82) is 0 Å². The standard InChI is InChI=1S/C13H15FN2O2S2/c1-16(11-4-2-10(14)3-5-11)20(17,18)13-7-6-12(19-13)8-9-15/h2-7H,8-9,15H2,1H3. The van der Waals surface area contributed by atoms with Crippen LogP contribution in [0.4, 0.5) is 10.1 Å². The van der Waals surface area contributed by atoms with E-state index in [-0.39, 0.29) is 4.21 Å². The van der Waals surface area contributed by atoms with Gasteiger partial charge < -0.3 is 5.73 Å². The number of hydrogen-bond acceptors (Lipinski definition) is 4. The van der Waals surface area contributed by atoms with E-state index in [1.54, 1.807) is 12.1 Å². The van der Waals surface area contributed by atoms with Gasteiger partial charge in [-0.05, 0) is 49.4 Å². The first-order chi connectivity index (χ1) is 9.45. The van der Waals surface area contributed by atoms with Crippen LogP contribution in [0.5, 0.6) is 0 Å². The van der Waals surface area contributed by atoms with Crippen molar-refractivity contribution in [2.75, 3.05) is 17.9 Å². The zero-order valence-electron chi connectivity index (χ0n) is 10.9. The fraction of sp³-hybridized carbons (Fsp3) is 0.231. The zero-order valence-corrected chi connectivity index (χ0v) is 12.5. The molecule has 108 valence electrons. The maximum Gasteiger partial charge on any atom is 0.273 e. The SMILES string of the molecule is CN(c1ccc(F)cc1)S(=O)(=O)c1ccc(CCN)s1. The summed E-state index contributed by atoms with van der Waals surface area (Å²) in [6.45, 7) is 0.480. The van der Waals surface area contributed by atoms with Gasteiger partial charge in [-0.25, -0.2) is 12.8 Å². The molecule has 0 unspecified atom stereocenters. The molecular weight excluding hydrogens is 299 g/mol. The van der Waals surface area contributed by atoms with Gasteiger partial charge in [-0.15, -0.1) is 11.3 Å². The zero-order chi connectivity index (χ0) is 14.8. The highest BCUT2D eigenvalue weighted by Gasteiger charge is 2.23. The molecule has 0 atom stereocenters. The van der Waals surface area contributed by atoms with Crippen LogP contribution in [0.3, 0.4) is 0 Å². The third-order valence-electron chi connectivity index (χ3n) is 2.83. The largest absolute Gasteiger partial charge is 0.330 e. The van der Waals surface area contributed by atoms with Crippen molar-refractivity contribution in [3.05, 3.63) is 47.1 Å². The normalized spacial score (nSPS) is 11.6. The van der Waals surface area contributed by atoms with Gasteiger partial charge in [-0.3, -0.25) is 4.31 Å². The maximum absolute atomic E-state index is 12.9. The molecule has 0 spiro atoms. The predicted octanol–water partition coefficient (Wildman–Crippen LogP) is 2.21. The quantitative estimate of drug-likeness (QED) is 0.920. The number of nitrogens with zero attached hydrogens (tertiary/aromatic N) is 1. The van der Waals surface area contributed by atoms with Crippen LogP contribution >= 0.6 is 11.3 Å². The Kier molecular flexibility index (Phi) is 4.42. The van der Waals surface area contributed by atoms with E-state index in [4.69, 9.17) is 5.73 Å². The van der Waals surface area contributed by atoms with E-state index in [2.05, 4.69) is 0 Å². The van der Waals surface area contributed by atoms with Gasteiger partial charge in [0.1, 0.15) is 10.0 Å². The Morgan fingerprint density at radius 1 is 1.20 bits per heavy atom. The summed E-state index contributed by atoms with van der Waals surface area (Å²) >= 11 is 1.21. The summed E-state index contributed by atoms with van der Waals surface area (Å²) in [7, 11) is -2.16. The Hall–Kier alpha value is -1.44. The smallest absolute Gasteiger partial charge is 0.273 e. The van der Waals surface area contributed by atoms with Crippen molar-refractivity contribution in [2.45, 2.75) is 10.6 Å². The number of benzene rings is 1. The number of thiophene rings is 1. The van der Waals surface area contributed by atoms with Crippen molar-refractivity contribution in [1.82, 2.24) is 0 Å². The molecule has 2 aromatic rings. The second kappa shape index (κ2) is 5.90. The van der Waals surface area contributed by atoms with Crippen molar-refractivity contribution in [3.8, 4) is 0 Å². The first-order valence-corrected chi connectivity index (χ1v) is 8.24. The van der Waals surface area contributed by atoms with E-state index >= 15 is 0 Å². The van der Waals surface area contributed by atoms with Crippen molar-refractivity contribution in [2.24, 2.45) is 5.73 Å². The van der Waals surface area contributed by atoms with Gasteiger partial charge in [0, 0.05) is 11.9 Å². The Labute approximate surface area is 121 Å². The molecule has 1 aromatic heterocycles. The highest BCUT2D eigenvalue weighted by molar-refractivity contribution is 7.94. The number of halogens is 1. The van der Waals surface area contributed by atoms with Gasteiger partial charge in [-0.1, -0.05) is 0 Å². The van der Waals surface area contributed by atoms with Gasteiger partial charge in [-0.2, -0.15) is 0 Å². The van der Waals surface area contributed by atoms with Crippen LogP contribution in [0, 0.1) is 5.82 Å². The average molecular weight is 314 g/mol. The van der Waals surface area contributed by atoms with Gasteiger partial charge in [0.15, 0.2) is 0 Å². The van der Waals surface area contributed by atoms with Crippen molar-refractivity contribution < 1.29 is 12.8 Å². The Bertz CT molecular complexity index is 681. The summed E-state index contributed by atoms with van der Waals surface area (Å²) in [6, 6.07) is 8.67. The Balaban J connectivity index is 2.30. The lowest BCUT2D eigenvalue weighted by Gasteiger charge is -2.18. The lowest BCUT2D eigenvalue weighted by atomic mass is 10.3. The van der Waals surface area contributed by atoms with Crippen LogP contribution in [0.15, 0.2) is 40.6 Å². The van der Waals surface area contributed by atoms with Crippen LogP contribution in [0.25, 0.3) is 0 Å². The van der Waals surface area contributed by atoms with Crippen LogP contribution < -0.4 is 10.0 Å². The predicted molar refractivity (Wildman–Crippen MR) is 79.1 cm³/mol. The molecule has 2 N–H and O–H groups in total. The van der Waals surface area contributed by atoms with Crippen LogP contribution in [-0.2, 0) is 16.4 Å². The molecule has 1 aromatic carbocycles. The molecule has 2 rings (SSSR count). The van der Waals surface area contributed by atoms with E-state index in [0.29, 0.717) is 18.7 Å². The van der Waals surface area contributed by atoms with E-state index in [0.717, 1.165) is 9.18 Å². The van der Waals surface area contributed by atoms with Gasteiger partial charge in [0.25, 0.3) is 10.0 Å². The molecule has 0 saturated carbocycles. The highest BCUT2D eigenvalue weighted by atomic mass is 32.2. The molecule has 0 aliphatic heterocycles. The third kappa shape index (κ3) is 3.00. The number of nitrogens with two attached hydrogens (primary N) is 1. The summed E-state index contributed by atoms with van der Waals surface area (Å²) in [5, 5.41) is 0. The Morgan fingerprint density at radius 2 is 1.85 bits per heavy atom. The van der Waals surface area contributed by atoms with E-state index in [1.807, 2.05) is 0 Å². The lowest BCUT2D eigenvalue weighted by Crippen LogP contribution is -2.25. The molecule has 0 radical (unpaired) electrons. The van der Waals surface area contributed by atoms with Crippen LogP contribution in [0.1, 0.15) is 4.88 Å². The van der Waals surface area contributed by atoms with Gasteiger partial charge in [0.05, 0.1) is 5.69 Å². The summed E-state index contributed by atoms with van der Waals surface area (Å²) < 4.78 is 39.2. The molecule has 1 heterocycles. The van der Waals surface area contributed by atoms with Gasteiger partial charge >= 0.3 is 0 Å². The molecule has 0 aliphatic rings. The highest BCUT2D eigenvalue weighted by Crippen LogP contribution is 2.27. The molecule has 0 aliphatic carbocycles. The number of sulfonamides is 1. The number of rotatable bonds is 5. The topological polar surface area (TPSA) is 63.4 Å². The number of anilines is 1. The third-order valence-corrected chi connectivity index (χ3v) is 6.23. The molecule has 0 saturated heterocycles. The molecule has 7 heteroatoms. The molecule has 0 amide bonds. The Morgan fingerprint density at radius 3 is 2.45 bits per heavy atom. The van der Waals surface area contributed by atoms with E-state index < -0.39 is 15.8 Å². The average Bonchev–Trinajstić information content (AvgIpc) is 2.88. The fourth-order valence-electron chi connectivity index (χ4n) is 1.70. The second-order valence-corrected chi connectivity index (χ2v) is 7.57. The molecule has 0 bridgehead atoms. The molecule has 4 nitrogen and oxygen atoms in total. The van der Waals surface area contributed by atoms with Crippen LogP contribution in [0.2, 0.25) is 0 Å². The first kappa shape index (κ1) is 15.0. The lowest BCUT2D eigenvalue weighted by molar-refractivity contribution is 0.596. The summed E-state index contributed by atoms with van der Waals surface area (Å²) in [5.74, 6) is -0.402. The van der Waals surface area contributed by atoms with Crippen molar-refractivity contribution >= 4 is 27.0 Å². The van der Waals surface area contributed by atoms with E-state index in [9.17, 15) is 12.8 Å². The van der Waals surface area contributed by atoms with Crippen molar-refractivity contribution in [3.63, 3.8) is 0 Å². The minimum Gasteiger partial charge on any atom is -0.330 e. The van der Waals surface area contributed by atoms with Crippen LogP contribution in [-0.4, -0.2) is 22.0 Å². The van der Waals surface area contributed by atoms with Gasteiger partial charge in [0.2, 0.25) is 0 Å². The molecule has 0 fully saturated rings. The number of hydrogen-bond donors (Lipinski definition) is 1. The fourth-order valence-corrected chi connectivity index (χ4v) is 4.44. The monoisotopic (exact) mass is 314 g/mol. The summed E-state index contributed by atoms with van der Waals surface area (Å²) in [5.41, 5.74) is 5.87. The summed E-state index contributed by atoms with van der Waals surface area (Å²) in [6.07, 6.45) is 0.653. The van der Waals surface area contributed by atoms with E-state index in [1.165, 1.54) is 42.6 Å². The molecular formula is C13H15FN2O2S2. The summed E-state index contributed by atoms with van der Waals surface area (Å²) in [4.78, 5) is 0.929.